The largest absolute Gasteiger partial charge is 0.278 e. The molecule has 0 amide bonds. The minimum absolute atomic E-state index is 0.810. The van der Waals surface area contributed by atoms with E-state index in [1.165, 1.54) is 0 Å². The number of rotatable bonds is 2. The van der Waals surface area contributed by atoms with Gasteiger partial charge in [0.25, 0.3) is 0 Å². The van der Waals surface area contributed by atoms with Gasteiger partial charge in [0.1, 0.15) is 17.3 Å². The van der Waals surface area contributed by atoms with Crippen LogP contribution in [0.25, 0.3) is 77.2 Å². The first-order valence-corrected chi connectivity index (χ1v) is 13.2. The molecule has 0 aliphatic rings. The van der Waals surface area contributed by atoms with Crippen molar-refractivity contribution < 1.29 is 0 Å². The third kappa shape index (κ3) is 2.93. The van der Waals surface area contributed by atoms with Gasteiger partial charge in [-0.3, -0.25) is 14.1 Å². The van der Waals surface area contributed by atoms with Gasteiger partial charge < -0.3 is 0 Å². The third-order valence-electron chi connectivity index (χ3n) is 7.81. The highest BCUT2D eigenvalue weighted by Gasteiger charge is 2.21. The molecule has 0 saturated heterocycles. The second kappa shape index (κ2) is 7.94. The molecule has 6 heteroatoms. The van der Waals surface area contributed by atoms with Gasteiger partial charge in [-0.2, -0.15) is 0 Å². The van der Waals surface area contributed by atoms with Crippen LogP contribution in [0.3, 0.4) is 0 Å². The summed E-state index contributed by atoms with van der Waals surface area (Å²) in [5.41, 5.74) is 4.60. The second-order valence-electron chi connectivity index (χ2n) is 10.1. The van der Waals surface area contributed by atoms with Crippen LogP contribution in [0.1, 0.15) is 0 Å². The van der Waals surface area contributed by atoms with Crippen molar-refractivity contribution in [2.75, 3.05) is 0 Å². The van der Waals surface area contributed by atoms with Crippen LogP contribution in [0.15, 0.2) is 122 Å². The van der Waals surface area contributed by atoms with Crippen molar-refractivity contribution in [1.29, 1.82) is 0 Å². The first kappa shape index (κ1) is 21.3. The summed E-state index contributed by atoms with van der Waals surface area (Å²) in [5, 5.41) is 7.66. The Morgan fingerprint density at radius 1 is 0.450 bits per heavy atom. The molecule has 0 atom stereocenters. The van der Waals surface area contributed by atoms with Crippen LogP contribution in [0.2, 0.25) is 0 Å². The van der Waals surface area contributed by atoms with E-state index in [1.807, 2.05) is 36.8 Å². The van der Waals surface area contributed by atoms with Crippen LogP contribution in [-0.4, -0.2) is 29.1 Å². The fraction of sp³-hybridized carbons (Fsp3) is 0. The molecular formula is C34H20N6. The monoisotopic (exact) mass is 512 g/mol. The van der Waals surface area contributed by atoms with Gasteiger partial charge in [0.2, 0.25) is 0 Å². The molecular weight excluding hydrogens is 492 g/mol. The fourth-order valence-electron chi connectivity index (χ4n) is 5.97. The second-order valence-corrected chi connectivity index (χ2v) is 10.1. The van der Waals surface area contributed by atoms with E-state index in [1.54, 1.807) is 0 Å². The fourth-order valence-corrected chi connectivity index (χ4v) is 5.97. The minimum atomic E-state index is 0.810. The van der Waals surface area contributed by atoms with Gasteiger partial charge in [0.05, 0.1) is 16.6 Å². The molecule has 6 aromatic heterocycles. The van der Waals surface area contributed by atoms with E-state index < -0.39 is 0 Å². The molecule has 0 unspecified atom stereocenters. The number of pyridine rings is 4. The summed E-state index contributed by atoms with van der Waals surface area (Å²) in [6, 6.07) is 35.5. The first-order chi connectivity index (χ1) is 19.8. The Kier molecular flexibility index (Phi) is 4.24. The Balaban J connectivity index is 1.43. The summed E-state index contributed by atoms with van der Waals surface area (Å²) in [6.45, 7) is 0. The average molecular weight is 513 g/mol. The summed E-state index contributed by atoms with van der Waals surface area (Å²) < 4.78 is 4.29. The molecule has 0 aliphatic carbocycles. The van der Waals surface area contributed by atoms with Crippen LogP contribution in [-0.2, 0) is 0 Å². The number of hydrogen-bond donors (Lipinski definition) is 0. The zero-order chi connectivity index (χ0) is 26.2. The molecule has 0 aliphatic heterocycles. The Labute approximate surface area is 227 Å². The summed E-state index contributed by atoms with van der Waals surface area (Å²) in [5.74, 6) is 1.64. The zero-order valence-electron chi connectivity index (χ0n) is 21.2. The molecule has 6 heterocycles. The number of para-hydroxylation sites is 1. The summed E-state index contributed by atoms with van der Waals surface area (Å²) in [7, 11) is 0. The van der Waals surface area contributed by atoms with Crippen LogP contribution >= 0.6 is 0 Å². The quantitative estimate of drug-likeness (QED) is 0.237. The lowest BCUT2D eigenvalue weighted by Crippen LogP contribution is -2.01. The third-order valence-corrected chi connectivity index (χ3v) is 7.81. The van der Waals surface area contributed by atoms with Crippen molar-refractivity contribution in [2.24, 2.45) is 0 Å². The highest BCUT2D eigenvalue weighted by molar-refractivity contribution is 6.15. The van der Waals surface area contributed by atoms with Gasteiger partial charge in [0.15, 0.2) is 5.65 Å². The molecule has 6 nitrogen and oxygen atoms in total. The molecule has 9 aromatic rings. The van der Waals surface area contributed by atoms with Gasteiger partial charge in [-0.05, 0) is 47.2 Å². The van der Waals surface area contributed by atoms with Gasteiger partial charge in [-0.1, -0.05) is 66.7 Å². The Hall–Kier alpha value is -5.62. The van der Waals surface area contributed by atoms with Crippen molar-refractivity contribution in [3.05, 3.63) is 122 Å². The number of hydrogen-bond acceptors (Lipinski definition) is 4. The zero-order valence-corrected chi connectivity index (χ0v) is 21.2. The molecule has 40 heavy (non-hydrogen) atoms. The van der Waals surface area contributed by atoms with Gasteiger partial charge >= 0.3 is 0 Å². The van der Waals surface area contributed by atoms with Crippen LogP contribution in [0, 0.1) is 0 Å². The van der Waals surface area contributed by atoms with E-state index in [0.29, 0.717) is 0 Å². The topological polar surface area (TPSA) is 61.4 Å². The molecule has 0 saturated carbocycles. The minimum Gasteiger partial charge on any atom is -0.278 e. The predicted molar refractivity (Wildman–Crippen MR) is 161 cm³/mol. The lowest BCUT2D eigenvalue weighted by molar-refractivity contribution is 1.04. The van der Waals surface area contributed by atoms with E-state index in [0.717, 1.165) is 77.2 Å². The van der Waals surface area contributed by atoms with E-state index in [9.17, 15) is 0 Å². The molecule has 3 aromatic carbocycles. The summed E-state index contributed by atoms with van der Waals surface area (Å²) >= 11 is 0. The maximum atomic E-state index is 5.37. The van der Waals surface area contributed by atoms with E-state index in [-0.39, 0.29) is 0 Å². The first-order valence-electron chi connectivity index (χ1n) is 13.2. The van der Waals surface area contributed by atoms with Crippen LogP contribution in [0.5, 0.6) is 0 Å². The van der Waals surface area contributed by atoms with E-state index in [4.69, 9.17) is 19.9 Å². The molecule has 0 bridgehead atoms. The summed E-state index contributed by atoms with van der Waals surface area (Å²) in [6.07, 6.45) is 5.70. The number of aromatic nitrogens is 6. The lowest BCUT2D eigenvalue weighted by Gasteiger charge is -2.09. The van der Waals surface area contributed by atoms with Crippen LogP contribution < -0.4 is 0 Å². The standard InChI is InChI=1S/C34H20N6/c1-3-10-23-19-36-30(16-21(23)8-1)39-28-13-6-5-12-25(28)26-18-27-32-29(14-7-15-35-32)40(34(27)38-33(26)39)31-17-22-9-2-4-11-24(22)20-37-31/h1-20H. The molecule has 186 valence electrons. The van der Waals surface area contributed by atoms with Gasteiger partial charge in [-0.15, -0.1) is 0 Å². The number of nitrogens with zero attached hydrogens (tertiary/aromatic N) is 6. The lowest BCUT2D eigenvalue weighted by atomic mass is 10.1. The highest BCUT2D eigenvalue weighted by atomic mass is 15.2. The molecule has 9 rings (SSSR count). The summed E-state index contributed by atoms with van der Waals surface area (Å²) in [4.78, 5) is 19.9. The normalized spacial score (nSPS) is 12.0. The van der Waals surface area contributed by atoms with Gasteiger partial charge in [0, 0.05) is 45.5 Å². The van der Waals surface area contributed by atoms with Crippen molar-refractivity contribution in [1.82, 2.24) is 29.1 Å². The Bertz CT molecular complexity index is 2280. The van der Waals surface area contributed by atoms with Crippen molar-refractivity contribution >= 4 is 65.5 Å². The smallest absolute Gasteiger partial charge is 0.150 e. The van der Waals surface area contributed by atoms with Crippen molar-refractivity contribution in [2.45, 2.75) is 0 Å². The SMILES string of the molecule is c1ccc2cc(-n3c4ccccc4c4cc5c6ncccc6n(-c6cc7ccccc7cn6)c5nc43)ncc2c1. The predicted octanol–water partition coefficient (Wildman–Crippen LogP) is 7.77. The van der Waals surface area contributed by atoms with Gasteiger partial charge in [-0.25, -0.2) is 15.0 Å². The highest BCUT2D eigenvalue weighted by Crippen LogP contribution is 2.37. The van der Waals surface area contributed by atoms with E-state index >= 15 is 0 Å². The maximum absolute atomic E-state index is 5.37. The Morgan fingerprint density at radius 3 is 1.75 bits per heavy atom. The number of fused-ring (bicyclic) bond motifs is 8. The van der Waals surface area contributed by atoms with Crippen molar-refractivity contribution in [3.63, 3.8) is 0 Å². The molecule has 0 radical (unpaired) electrons. The van der Waals surface area contributed by atoms with Crippen LogP contribution in [0.4, 0.5) is 0 Å². The maximum Gasteiger partial charge on any atom is 0.150 e. The molecule has 0 spiro atoms. The molecule has 0 N–H and O–H groups in total. The Morgan fingerprint density at radius 2 is 1.02 bits per heavy atom. The van der Waals surface area contributed by atoms with Crippen molar-refractivity contribution in [3.8, 4) is 11.6 Å². The van der Waals surface area contributed by atoms with E-state index in [2.05, 4.69) is 94.1 Å². The average Bonchev–Trinajstić information content (AvgIpc) is 3.51. The number of benzene rings is 3. The molecule has 0 fully saturated rings.